The lowest BCUT2D eigenvalue weighted by Crippen LogP contribution is -2.26. The van der Waals surface area contributed by atoms with Crippen molar-refractivity contribution in [2.24, 2.45) is 0 Å². The minimum absolute atomic E-state index is 0.255. The maximum atomic E-state index is 11.4. The highest BCUT2D eigenvalue weighted by molar-refractivity contribution is 5.91. The number of amides is 2. The van der Waals surface area contributed by atoms with Gasteiger partial charge >= 0.3 is 6.03 Å². The number of benzene rings is 1. The smallest absolute Gasteiger partial charge is 0.312 e. The summed E-state index contributed by atoms with van der Waals surface area (Å²) in [6.07, 6.45) is 0. The molecule has 2 N–H and O–H groups in total. The van der Waals surface area contributed by atoms with Crippen LogP contribution in [0.1, 0.15) is 18.1 Å². The summed E-state index contributed by atoms with van der Waals surface area (Å²) < 4.78 is 0. The molecule has 0 spiro atoms. The van der Waals surface area contributed by atoms with E-state index in [1.165, 1.54) is 5.56 Å². The van der Waals surface area contributed by atoms with Gasteiger partial charge in [0.15, 0.2) is 0 Å². The van der Waals surface area contributed by atoms with E-state index in [0.717, 1.165) is 11.3 Å². The van der Waals surface area contributed by atoms with E-state index in [1.807, 2.05) is 32.0 Å². The van der Waals surface area contributed by atoms with E-state index in [2.05, 4.69) is 17.2 Å². The molecule has 0 heterocycles. The van der Waals surface area contributed by atoms with Gasteiger partial charge in [0, 0.05) is 11.4 Å². The highest BCUT2D eigenvalue weighted by Crippen LogP contribution is 2.15. The fraction of sp³-hybridized carbons (Fsp3) is 0.250. The molecule has 15 heavy (non-hydrogen) atoms. The van der Waals surface area contributed by atoms with Crippen LogP contribution in [0.2, 0.25) is 0 Å². The van der Waals surface area contributed by atoms with Gasteiger partial charge in [0.1, 0.15) is 0 Å². The molecule has 0 unspecified atom stereocenters. The van der Waals surface area contributed by atoms with E-state index in [4.69, 9.17) is 0 Å². The van der Waals surface area contributed by atoms with Crippen LogP contribution in [-0.4, -0.2) is 6.03 Å². The zero-order valence-electron chi connectivity index (χ0n) is 9.35. The molecule has 0 aromatic heterocycles. The maximum absolute atomic E-state index is 11.4. The predicted molar refractivity (Wildman–Crippen MR) is 62.9 cm³/mol. The Morgan fingerprint density at radius 2 is 2.00 bits per heavy atom. The van der Waals surface area contributed by atoms with Crippen LogP contribution in [0.4, 0.5) is 10.5 Å². The molecular formula is C12H16N2O. The largest absolute Gasteiger partial charge is 0.323 e. The lowest BCUT2D eigenvalue weighted by molar-refractivity contribution is 0.254. The normalized spacial score (nSPS) is 9.53. The van der Waals surface area contributed by atoms with Gasteiger partial charge in [-0.1, -0.05) is 24.3 Å². The number of urea groups is 1. The van der Waals surface area contributed by atoms with Crippen molar-refractivity contribution in [1.82, 2.24) is 5.32 Å². The van der Waals surface area contributed by atoms with Crippen molar-refractivity contribution in [3.8, 4) is 0 Å². The number of carbonyl (C=O) groups is 1. The van der Waals surface area contributed by atoms with Gasteiger partial charge in [-0.3, -0.25) is 0 Å². The molecule has 1 aromatic rings. The van der Waals surface area contributed by atoms with Crippen molar-refractivity contribution in [2.45, 2.75) is 20.8 Å². The van der Waals surface area contributed by atoms with Crippen LogP contribution in [0, 0.1) is 13.8 Å². The Balaban J connectivity index is 2.72. The molecule has 80 valence electrons. The minimum atomic E-state index is -0.255. The average Bonchev–Trinajstić information content (AvgIpc) is 2.08. The molecule has 2 amide bonds. The number of hydrogen-bond donors (Lipinski definition) is 2. The molecule has 0 saturated carbocycles. The van der Waals surface area contributed by atoms with Gasteiger partial charge < -0.3 is 10.6 Å². The van der Waals surface area contributed by atoms with Crippen LogP contribution in [0.3, 0.4) is 0 Å². The Morgan fingerprint density at radius 3 is 2.53 bits per heavy atom. The van der Waals surface area contributed by atoms with E-state index >= 15 is 0 Å². The predicted octanol–water partition coefficient (Wildman–Crippen LogP) is 2.96. The number of carbonyl (C=O) groups excluding carboxylic acids is 1. The quantitative estimate of drug-likeness (QED) is 0.764. The molecule has 0 aliphatic rings. The molecule has 0 atom stereocenters. The zero-order valence-corrected chi connectivity index (χ0v) is 9.35. The van der Waals surface area contributed by atoms with Crippen molar-refractivity contribution >= 4 is 11.7 Å². The van der Waals surface area contributed by atoms with Crippen LogP contribution in [0.25, 0.3) is 0 Å². The second kappa shape index (κ2) is 4.64. The molecule has 1 rings (SSSR count). The molecule has 0 bridgehead atoms. The van der Waals surface area contributed by atoms with Gasteiger partial charge in [-0.05, 0) is 32.4 Å². The van der Waals surface area contributed by atoms with Gasteiger partial charge in [-0.2, -0.15) is 0 Å². The summed E-state index contributed by atoms with van der Waals surface area (Å²) in [6, 6.07) is 5.62. The third-order valence-electron chi connectivity index (χ3n) is 1.96. The standard InChI is InChI=1S/C12H16N2O/c1-8(2)13-12(15)14-11-6-5-9(3)7-10(11)4/h5-7H,1H2,2-4H3,(H2,13,14,15). The molecule has 0 fully saturated rings. The van der Waals surface area contributed by atoms with E-state index in [1.54, 1.807) is 6.92 Å². The average molecular weight is 204 g/mol. The van der Waals surface area contributed by atoms with Crippen LogP contribution in [0.5, 0.6) is 0 Å². The zero-order chi connectivity index (χ0) is 11.4. The number of anilines is 1. The molecule has 0 aliphatic carbocycles. The third-order valence-corrected chi connectivity index (χ3v) is 1.96. The van der Waals surface area contributed by atoms with E-state index in [-0.39, 0.29) is 6.03 Å². The van der Waals surface area contributed by atoms with Gasteiger partial charge in [-0.15, -0.1) is 0 Å². The Bertz CT molecular complexity index is 397. The lowest BCUT2D eigenvalue weighted by Gasteiger charge is -2.09. The molecule has 0 radical (unpaired) electrons. The number of hydrogen-bond acceptors (Lipinski definition) is 1. The summed E-state index contributed by atoms with van der Waals surface area (Å²) in [5.41, 5.74) is 3.67. The first kappa shape index (κ1) is 11.3. The van der Waals surface area contributed by atoms with E-state index < -0.39 is 0 Å². The van der Waals surface area contributed by atoms with E-state index in [0.29, 0.717) is 5.70 Å². The lowest BCUT2D eigenvalue weighted by atomic mass is 10.1. The first-order valence-corrected chi connectivity index (χ1v) is 4.80. The molecule has 1 aromatic carbocycles. The topological polar surface area (TPSA) is 41.1 Å². The van der Waals surface area contributed by atoms with Gasteiger partial charge in [0.25, 0.3) is 0 Å². The molecule has 0 saturated heterocycles. The number of nitrogens with one attached hydrogen (secondary N) is 2. The van der Waals surface area contributed by atoms with Crippen LogP contribution in [0.15, 0.2) is 30.5 Å². The highest BCUT2D eigenvalue weighted by Gasteiger charge is 2.03. The third kappa shape index (κ3) is 3.46. The Labute approximate surface area is 90.2 Å². The number of allylic oxidation sites excluding steroid dienone is 1. The maximum Gasteiger partial charge on any atom is 0.323 e. The molecular weight excluding hydrogens is 188 g/mol. The highest BCUT2D eigenvalue weighted by atomic mass is 16.2. The second-order valence-corrected chi connectivity index (χ2v) is 3.68. The molecule has 3 nitrogen and oxygen atoms in total. The Kier molecular flexibility index (Phi) is 3.50. The first-order chi connectivity index (χ1) is 6.99. The van der Waals surface area contributed by atoms with Crippen LogP contribution >= 0.6 is 0 Å². The fourth-order valence-corrected chi connectivity index (χ4v) is 1.30. The first-order valence-electron chi connectivity index (χ1n) is 4.80. The second-order valence-electron chi connectivity index (χ2n) is 3.68. The minimum Gasteiger partial charge on any atom is -0.312 e. The van der Waals surface area contributed by atoms with Gasteiger partial charge in [0.2, 0.25) is 0 Å². The monoisotopic (exact) mass is 204 g/mol. The summed E-state index contributed by atoms with van der Waals surface area (Å²) in [5.74, 6) is 0. The Morgan fingerprint density at radius 1 is 1.33 bits per heavy atom. The summed E-state index contributed by atoms with van der Waals surface area (Å²) in [6.45, 7) is 9.32. The van der Waals surface area contributed by atoms with Crippen molar-refractivity contribution in [1.29, 1.82) is 0 Å². The van der Waals surface area contributed by atoms with Crippen molar-refractivity contribution in [3.63, 3.8) is 0 Å². The SMILES string of the molecule is C=C(C)NC(=O)Nc1ccc(C)cc1C. The number of rotatable bonds is 2. The van der Waals surface area contributed by atoms with Crippen LogP contribution in [-0.2, 0) is 0 Å². The van der Waals surface area contributed by atoms with Gasteiger partial charge in [-0.25, -0.2) is 4.79 Å². The fourth-order valence-electron chi connectivity index (χ4n) is 1.30. The van der Waals surface area contributed by atoms with Crippen molar-refractivity contribution in [2.75, 3.05) is 5.32 Å². The summed E-state index contributed by atoms with van der Waals surface area (Å²) in [5, 5.41) is 5.35. The van der Waals surface area contributed by atoms with Gasteiger partial charge in [0.05, 0.1) is 0 Å². The van der Waals surface area contributed by atoms with Crippen molar-refractivity contribution < 1.29 is 4.79 Å². The molecule has 3 heteroatoms. The van der Waals surface area contributed by atoms with Crippen molar-refractivity contribution in [3.05, 3.63) is 41.6 Å². The van der Waals surface area contributed by atoms with E-state index in [9.17, 15) is 4.79 Å². The summed E-state index contributed by atoms with van der Waals surface area (Å²) in [7, 11) is 0. The molecule has 0 aliphatic heterocycles. The summed E-state index contributed by atoms with van der Waals surface area (Å²) >= 11 is 0. The Hall–Kier alpha value is -1.77. The number of aryl methyl sites for hydroxylation is 2. The van der Waals surface area contributed by atoms with Crippen LogP contribution < -0.4 is 10.6 Å². The summed E-state index contributed by atoms with van der Waals surface area (Å²) in [4.78, 5) is 11.4.